The van der Waals surface area contributed by atoms with Crippen LogP contribution in [0.2, 0.25) is 0 Å². The quantitative estimate of drug-likeness (QED) is 0.284. The van der Waals surface area contributed by atoms with Gasteiger partial charge in [-0.25, -0.2) is 10.2 Å². The average molecular weight is 558 g/mol. The molecule has 3 aliphatic heterocycles. The van der Waals surface area contributed by atoms with Crippen molar-refractivity contribution in [3.63, 3.8) is 0 Å². The Morgan fingerprint density at radius 2 is 1.97 bits per heavy atom. The first-order valence-corrected chi connectivity index (χ1v) is 14.7. The number of methoxy groups -OCH3 is 2. The van der Waals surface area contributed by atoms with Gasteiger partial charge >= 0.3 is 5.30 Å². The smallest absolute Gasteiger partial charge is 0.376 e. The maximum atomic E-state index is 12.7. The highest BCUT2D eigenvalue weighted by Crippen LogP contribution is 2.36. The second kappa shape index (κ2) is 12.6. The van der Waals surface area contributed by atoms with Gasteiger partial charge in [-0.2, -0.15) is 4.41 Å². The van der Waals surface area contributed by atoms with Gasteiger partial charge in [-0.05, 0) is 47.9 Å². The summed E-state index contributed by atoms with van der Waals surface area (Å²) in [5.41, 5.74) is 7.94. The Labute approximate surface area is 232 Å². The van der Waals surface area contributed by atoms with Crippen molar-refractivity contribution in [2.45, 2.75) is 32.7 Å². The van der Waals surface area contributed by atoms with Gasteiger partial charge in [0.2, 0.25) is 0 Å². The molecule has 5 rings (SSSR count). The summed E-state index contributed by atoms with van der Waals surface area (Å²) in [5, 5.41) is 12.7. The van der Waals surface area contributed by atoms with E-state index in [0.717, 1.165) is 49.5 Å². The monoisotopic (exact) mass is 557 g/mol. The predicted molar refractivity (Wildman–Crippen MR) is 154 cm³/mol. The Hall–Kier alpha value is -2.74. The third kappa shape index (κ3) is 6.21. The van der Waals surface area contributed by atoms with Crippen LogP contribution >= 0.6 is 10.7 Å². The molecule has 4 unspecified atom stereocenters. The fourth-order valence-corrected chi connectivity index (χ4v) is 7.11. The molecular weight excluding hydrogens is 518 g/mol. The Morgan fingerprint density at radius 1 is 1.18 bits per heavy atom. The number of carbonyl (C=O) groups is 1. The van der Waals surface area contributed by atoms with E-state index in [1.807, 2.05) is 35.9 Å². The SMILES string of the molecule is CCOC(=O)S1=CC(C)CN1NC1Nc2cncc(Cc3ccc(OC)c(OC)c3)c2C(N2CCNCC2)N1. The van der Waals surface area contributed by atoms with Crippen LogP contribution in [0, 0.1) is 5.92 Å². The number of hydrazine groups is 1. The van der Waals surface area contributed by atoms with E-state index in [0.29, 0.717) is 24.5 Å². The molecule has 0 aliphatic carbocycles. The number of anilines is 1. The lowest BCUT2D eigenvalue weighted by Crippen LogP contribution is -2.61. The van der Waals surface area contributed by atoms with E-state index in [2.05, 4.69) is 49.6 Å². The zero-order valence-corrected chi connectivity index (χ0v) is 23.8. The van der Waals surface area contributed by atoms with E-state index in [9.17, 15) is 4.79 Å². The normalized spacial score (nSPS) is 25.3. The summed E-state index contributed by atoms with van der Waals surface area (Å²) in [7, 11) is 2.54. The van der Waals surface area contributed by atoms with Crippen molar-refractivity contribution in [3.8, 4) is 11.5 Å². The van der Waals surface area contributed by atoms with Gasteiger partial charge < -0.3 is 24.8 Å². The molecule has 1 saturated heterocycles. The summed E-state index contributed by atoms with van der Waals surface area (Å²) in [6.07, 6.45) is 4.22. The van der Waals surface area contributed by atoms with Crippen molar-refractivity contribution >= 4 is 27.0 Å². The number of piperazine rings is 1. The number of fused-ring (bicyclic) bond motifs is 1. The molecule has 12 heteroatoms. The molecule has 4 N–H and O–H groups in total. The Kier molecular flexibility index (Phi) is 9.00. The van der Waals surface area contributed by atoms with Gasteiger partial charge in [0, 0.05) is 55.2 Å². The minimum Gasteiger partial charge on any atom is -0.493 e. The summed E-state index contributed by atoms with van der Waals surface area (Å²) < 4.78 is 18.3. The molecule has 0 saturated carbocycles. The summed E-state index contributed by atoms with van der Waals surface area (Å²) in [6, 6.07) is 6.03. The number of nitrogens with one attached hydrogen (secondary N) is 4. The zero-order valence-electron chi connectivity index (χ0n) is 23.0. The van der Waals surface area contributed by atoms with E-state index in [1.165, 1.54) is 5.56 Å². The van der Waals surface area contributed by atoms with Gasteiger partial charge in [0.25, 0.3) is 0 Å². The van der Waals surface area contributed by atoms with E-state index in [1.54, 1.807) is 14.2 Å². The Morgan fingerprint density at radius 3 is 2.72 bits per heavy atom. The topological polar surface area (TPSA) is 112 Å². The molecule has 39 heavy (non-hydrogen) atoms. The van der Waals surface area contributed by atoms with Crippen molar-refractivity contribution in [1.29, 1.82) is 0 Å². The third-order valence-electron chi connectivity index (χ3n) is 7.09. The number of hydrogen-bond acceptors (Lipinski definition) is 11. The number of carbonyl (C=O) groups excluding carboxylic acids is 1. The summed E-state index contributed by atoms with van der Waals surface area (Å²) >= 11 is 0. The van der Waals surface area contributed by atoms with Crippen molar-refractivity contribution in [1.82, 2.24) is 30.4 Å². The van der Waals surface area contributed by atoms with Crippen LogP contribution in [0.3, 0.4) is 0 Å². The lowest BCUT2D eigenvalue weighted by Gasteiger charge is -2.44. The molecule has 0 bridgehead atoms. The molecule has 4 atom stereocenters. The van der Waals surface area contributed by atoms with Crippen molar-refractivity contribution in [2.24, 2.45) is 5.92 Å². The van der Waals surface area contributed by atoms with Gasteiger partial charge in [0.1, 0.15) is 6.29 Å². The Bertz CT molecular complexity index is 1210. The molecule has 0 amide bonds. The second-order valence-electron chi connectivity index (χ2n) is 9.86. The number of aromatic nitrogens is 1. The fraction of sp³-hybridized carbons (Fsp3) is 0.519. The van der Waals surface area contributed by atoms with E-state index < -0.39 is 10.7 Å². The van der Waals surface area contributed by atoms with Gasteiger partial charge in [0.05, 0.1) is 38.9 Å². The molecule has 1 aromatic heterocycles. The van der Waals surface area contributed by atoms with Crippen molar-refractivity contribution in [2.75, 3.05) is 58.9 Å². The maximum absolute atomic E-state index is 12.7. The number of rotatable bonds is 8. The molecule has 1 fully saturated rings. The molecule has 11 nitrogen and oxygen atoms in total. The number of pyridine rings is 1. The minimum atomic E-state index is -0.758. The Balaban J connectivity index is 1.43. The number of ether oxygens (including phenoxy) is 3. The number of nitrogens with zero attached hydrogens (tertiary/aromatic N) is 3. The first kappa shape index (κ1) is 27.8. The van der Waals surface area contributed by atoms with Crippen LogP contribution in [-0.2, 0) is 11.2 Å². The number of hydrogen-bond donors (Lipinski definition) is 4. The molecule has 0 radical (unpaired) electrons. The summed E-state index contributed by atoms with van der Waals surface area (Å²) in [6.45, 7) is 8.75. The fourth-order valence-electron chi connectivity index (χ4n) is 5.29. The molecule has 3 aliphatic rings. The zero-order chi connectivity index (χ0) is 27.4. The average Bonchev–Trinajstić information content (AvgIpc) is 3.33. The van der Waals surface area contributed by atoms with Crippen LogP contribution in [0.5, 0.6) is 11.5 Å². The van der Waals surface area contributed by atoms with Gasteiger partial charge in [0.15, 0.2) is 11.5 Å². The van der Waals surface area contributed by atoms with Crippen LogP contribution in [0.1, 0.15) is 36.7 Å². The summed E-state index contributed by atoms with van der Waals surface area (Å²) in [5.74, 6) is 1.70. The maximum Gasteiger partial charge on any atom is 0.376 e. The van der Waals surface area contributed by atoms with Crippen molar-refractivity contribution < 1.29 is 19.0 Å². The lowest BCUT2D eigenvalue weighted by atomic mass is 9.96. The largest absolute Gasteiger partial charge is 0.493 e. The van der Waals surface area contributed by atoms with E-state index in [4.69, 9.17) is 14.2 Å². The van der Waals surface area contributed by atoms with Crippen LogP contribution in [0.15, 0.2) is 30.6 Å². The standard InChI is InChI=1S/C27H39N7O4S/c1-5-38-27(35)39-17-18(2)16-34(39)32-26-30-21-15-29-14-20(12-19-6-7-22(36-3)23(13-19)37-4)24(21)25(31-26)33-10-8-28-9-11-33/h6-7,13-15,17-18,25-26,28,30-32H,5,8-12,16H2,1-4H3. The lowest BCUT2D eigenvalue weighted by molar-refractivity contribution is 0.115. The van der Waals surface area contributed by atoms with E-state index in [-0.39, 0.29) is 23.7 Å². The molecule has 1 aromatic carbocycles. The molecular formula is C27H39N7O4S. The molecule has 4 heterocycles. The van der Waals surface area contributed by atoms with E-state index >= 15 is 0 Å². The highest BCUT2D eigenvalue weighted by atomic mass is 32.2. The van der Waals surface area contributed by atoms with Gasteiger partial charge in [-0.15, -0.1) is 0 Å². The van der Waals surface area contributed by atoms with Gasteiger partial charge in [-0.3, -0.25) is 15.2 Å². The second-order valence-corrected chi connectivity index (χ2v) is 11.5. The van der Waals surface area contributed by atoms with Crippen LogP contribution in [0.4, 0.5) is 10.5 Å². The first-order chi connectivity index (χ1) is 19.0. The highest BCUT2D eigenvalue weighted by molar-refractivity contribution is 8.25. The predicted octanol–water partition coefficient (Wildman–Crippen LogP) is 2.49. The minimum absolute atomic E-state index is 0.0348. The van der Waals surface area contributed by atoms with Crippen LogP contribution in [0.25, 0.3) is 0 Å². The first-order valence-electron chi connectivity index (χ1n) is 13.4. The van der Waals surface area contributed by atoms with Crippen LogP contribution < -0.4 is 30.8 Å². The summed E-state index contributed by atoms with van der Waals surface area (Å²) in [4.78, 5) is 19.7. The van der Waals surface area contributed by atoms with Gasteiger partial charge in [-0.1, -0.05) is 13.0 Å². The van der Waals surface area contributed by atoms with Crippen LogP contribution in [-0.4, -0.2) is 84.8 Å². The molecule has 212 valence electrons. The molecule has 2 aromatic rings. The third-order valence-corrected chi connectivity index (χ3v) is 9.00. The highest BCUT2D eigenvalue weighted by Gasteiger charge is 2.35. The molecule has 0 spiro atoms. The van der Waals surface area contributed by atoms with Crippen molar-refractivity contribution in [3.05, 3.63) is 47.3 Å². The number of benzene rings is 1.